The number of fused-ring (bicyclic) bond motifs is 5. The van der Waals surface area contributed by atoms with Gasteiger partial charge in [0.1, 0.15) is 0 Å². The molecule has 170 valence electrons. The number of aliphatic hydroxyl groups is 1. The molecule has 4 rings (SSSR count). The first-order valence-corrected chi connectivity index (χ1v) is 11.5. The summed E-state index contributed by atoms with van der Waals surface area (Å²) in [5.74, 6) is -1.67. The van der Waals surface area contributed by atoms with E-state index < -0.39 is 45.8 Å². The van der Waals surface area contributed by atoms with Crippen LogP contribution < -0.4 is 0 Å². The van der Waals surface area contributed by atoms with Crippen molar-refractivity contribution in [3.63, 3.8) is 0 Å². The van der Waals surface area contributed by atoms with E-state index in [0.29, 0.717) is 19.3 Å². The molecule has 0 bridgehead atoms. The fraction of sp³-hybridized carbons (Fsp3) is 0.708. The number of carbonyl (C=O) groups excluding carboxylic acids is 3. The minimum Gasteiger partial charge on any atom is -0.450 e. The van der Waals surface area contributed by atoms with Crippen molar-refractivity contribution < 1.29 is 28.6 Å². The Morgan fingerprint density at radius 2 is 2.00 bits per heavy atom. The van der Waals surface area contributed by atoms with Gasteiger partial charge in [-0.1, -0.05) is 32.4 Å². The Kier molecular flexibility index (Phi) is 5.29. The molecule has 0 heterocycles. The van der Waals surface area contributed by atoms with Crippen LogP contribution in [0, 0.1) is 22.7 Å². The van der Waals surface area contributed by atoms with E-state index in [1.165, 1.54) is 6.08 Å². The standard InChI is InChI=1S/C24H30ClFO5/c1-4-20(30)31-23(19(29)13-26)10-8-16-17-6-5-14-11-15(27)7-9-21(14,2)24(17,25)18(28)12-22(16,23)3/h7,9,11,16-18,28H,4-6,8,10,12-13H2,1-3H3/t16-,17-,18?,21-,22-,23-,24-/m0/s1. The highest BCUT2D eigenvalue weighted by atomic mass is 35.5. The fourth-order valence-corrected chi connectivity index (χ4v) is 7.78. The van der Waals surface area contributed by atoms with E-state index in [0.717, 1.165) is 5.57 Å². The van der Waals surface area contributed by atoms with E-state index >= 15 is 0 Å². The quantitative estimate of drug-likeness (QED) is 0.517. The van der Waals surface area contributed by atoms with Crippen molar-refractivity contribution in [1.29, 1.82) is 0 Å². The van der Waals surface area contributed by atoms with Crippen molar-refractivity contribution in [2.75, 3.05) is 6.67 Å². The highest BCUT2D eigenvalue weighted by Crippen LogP contribution is 2.71. The molecule has 0 amide bonds. The van der Waals surface area contributed by atoms with Gasteiger partial charge in [-0.15, -0.1) is 11.6 Å². The molecule has 0 aliphatic heterocycles. The number of Topliss-reactive ketones (excluding diaryl/α,β-unsaturated/α-hetero) is 1. The molecule has 0 saturated heterocycles. The minimum atomic E-state index is -1.59. The van der Waals surface area contributed by atoms with Crippen LogP contribution in [0.3, 0.4) is 0 Å². The Hall–Kier alpha value is -1.53. The monoisotopic (exact) mass is 452 g/mol. The number of ether oxygens (including phenoxy) is 1. The lowest BCUT2D eigenvalue weighted by atomic mass is 9.45. The van der Waals surface area contributed by atoms with Gasteiger partial charge in [-0.05, 0) is 56.1 Å². The number of halogens is 2. The maximum Gasteiger partial charge on any atom is 0.306 e. The Labute approximate surface area is 187 Å². The highest BCUT2D eigenvalue weighted by molar-refractivity contribution is 6.26. The van der Waals surface area contributed by atoms with E-state index in [1.807, 2.05) is 19.9 Å². The van der Waals surface area contributed by atoms with Gasteiger partial charge in [0.25, 0.3) is 0 Å². The molecule has 3 fully saturated rings. The first-order valence-electron chi connectivity index (χ1n) is 11.1. The van der Waals surface area contributed by atoms with Crippen LogP contribution in [0.1, 0.15) is 59.3 Å². The van der Waals surface area contributed by atoms with Gasteiger partial charge in [-0.25, -0.2) is 4.39 Å². The summed E-state index contributed by atoms with van der Waals surface area (Å²) in [6.45, 7) is 4.21. The topological polar surface area (TPSA) is 80.7 Å². The zero-order valence-electron chi connectivity index (χ0n) is 18.2. The number of allylic oxidation sites excluding steroid dienone is 4. The van der Waals surface area contributed by atoms with E-state index in [-0.39, 0.29) is 36.9 Å². The van der Waals surface area contributed by atoms with Crippen LogP contribution in [0.2, 0.25) is 0 Å². The summed E-state index contributed by atoms with van der Waals surface area (Å²) in [7, 11) is 0. The molecule has 1 unspecified atom stereocenters. The number of esters is 1. The summed E-state index contributed by atoms with van der Waals surface area (Å²) in [6, 6.07) is 0. The molecule has 0 aromatic rings. The van der Waals surface area contributed by atoms with Gasteiger partial charge in [-0.3, -0.25) is 14.4 Å². The largest absolute Gasteiger partial charge is 0.450 e. The van der Waals surface area contributed by atoms with Crippen LogP contribution in [-0.4, -0.2) is 45.9 Å². The van der Waals surface area contributed by atoms with Crippen molar-refractivity contribution >= 4 is 29.1 Å². The zero-order valence-corrected chi connectivity index (χ0v) is 19.0. The summed E-state index contributed by atoms with van der Waals surface area (Å²) in [5.41, 5.74) is -2.30. The third kappa shape index (κ3) is 2.73. The molecule has 3 saturated carbocycles. The van der Waals surface area contributed by atoms with Gasteiger partial charge >= 0.3 is 5.97 Å². The van der Waals surface area contributed by atoms with Crippen LogP contribution in [-0.2, 0) is 19.1 Å². The molecule has 0 aromatic carbocycles. The second-order valence-corrected chi connectivity index (χ2v) is 10.6. The van der Waals surface area contributed by atoms with Crippen LogP contribution >= 0.6 is 11.6 Å². The molecule has 7 atom stereocenters. The number of hydrogen-bond acceptors (Lipinski definition) is 5. The number of hydrogen-bond donors (Lipinski definition) is 1. The van der Waals surface area contributed by atoms with E-state index in [1.54, 1.807) is 13.0 Å². The lowest BCUT2D eigenvalue weighted by molar-refractivity contribution is -0.196. The van der Waals surface area contributed by atoms with Crippen molar-refractivity contribution in [1.82, 2.24) is 0 Å². The third-order valence-corrected chi connectivity index (χ3v) is 9.83. The third-order valence-electron chi connectivity index (χ3n) is 8.91. The summed E-state index contributed by atoms with van der Waals surface area (Å²) in [4.78, 5) is 36.1. The van der Waals surface area contributed by atoms with Gasteiger partial charge < -0.3 is 9.84 Å². The molecule has 4 aliphatic rings. The van der Waals surface area contributed by atoms with E-state index in [2.05, 4.69) is 0 Å². The van der Waals surface area contributed by atoms with Gasteiger partial charge in [0.05, 0.1) is 11.0 Å². The summed E-state index contributed by atoms with van der Waals surface area (Å²) < 4.78 is 19.4. The lowest BCUT2D eigenvalue weighted by Crippen LogP contribution is -2.69. The second-order valence-electron chi connectivity index (χ2n) is 10.0. The van der Waals surface area contributed by atoms with Crippen LogP contribution in [0.5, 0.6) is 0 Å². The maximum atomic E-state index is 13.7. The first-order chi connectivity index (χ1) is 14.5. The minimum absolute atomic E-state index is 0.0819. The summed E-state index contributed by atoms with van der Waals surface area (Å²) in [5, 5.41) is 11.5. The predicted octanol–water partition coefficient (Wildman–Crippen LogP) is 3.86. The van der Waals surface area contributed by atoms with E-state index in [4.69, 9.17) is 16.3 Å². The first kappa shape index (κ1) is 22.7. The van der Waals surface area contributed by atoms with Gasteiger partial charge in [-0.2, -0.15) is 0 Å². The predicted molar refractivity (Wildman–Crippen MR) is 113 cm³/mol. The SMILES string of the molecule is CCC(=O)O[C@]1(C(=O)CF)CC[C@H]2[C@@H]3CCC4=CC(=O)C=C[C@]4(C)[C@@]3(Cl)C(O)C[C@@]21C. The summed E-state index contributed by atoms with van der Waals surface area (Å²) in [6.07, 6.45) is 6.19. The number of carbonyl (C=O) groups is 3. The number of ketones is 2. The molecule has 0 aromatic heterocycles. The molecular formula is C24H30ClFO5. The molecule has 0 radical (unpaired) electrons. The average molecular weight is 453 g/mol. The zero-order chi connectivity index (χ0) is 22.8. The van der Waals surface area contributed by atoms with Crippen LogP contribution in [0.4, 0.5) is 4.39 Å². The number of aliphatic hydroxyl groups excluding tert-OH is 1. The van der Waals surface area contributed by atoms with Crippen molar-refractivity contribution in [2.24, 2.45) is 22.7 Å². The van der Waals surface area contributed by atoms with Gasteiger partial charge in [0, 0.05) is 17.3 Å². The Morgan fingerprint density at radius 1 is 1.29 bits per heavy atom. The number of rotatable bonds is 4. The maximum absolute atomic E-state index is 13.7. The Bertz CT molecular complexity index is 898. The van der Waals surface area contributed by atoms with Gasteiger partial charge in [0.2, 0.25) is 5.78 Å². The molecule has 5 nitrogen and oxygen atoms in total. The van der Waals surface area contributed by atoms with Crippen molar-refractivity contribution in [2.45, 2.75) is 75.9 Å². The lowest BCUT2D eigenvalue weighted by Gasteiger charge is -2.64. The molecule has 0 spiro atoms. The molecule has 31 heavy (non-hydrogen) atoms. The van der Waals surface area contributed by atoms with Crippen molar-refractivity contribution in [3.05, 3.63) is 23.8 Å². The fourth-order valence-electron chi connectivity index (χ4n) is 7.26. The molecular weight excluding hydrogens is 423 g/mol. The van der Waals surface area contributed by atoms with Crippen LogP contribution in [0.15, 0.2) is 23.8 Å². The van der Waals surface area contributed by atoms with E-state index in [9.17, 15) is 23.9 Å². The smallest absolute Gasteiger partial charge is 0.306 e. The number of alkyl halides is 2. The highest BCUT2D eigenvalue weighted by Gasteiger charge is 2.74. The molecule has 4 aliphatic carbocycles. The second kappa shape index (κ2) is 7.24. The Morgan fingerprint density at radius 3 is 2.65 bits per heavy atom. The molecule has 1 N–H and O–H groups in total. The van der Waals surface area contributed by atoms with Crippen molar-refractivity contribution in [3.8, 4) is 0 Å². The average Bonchev–Trinajstić information content (AvgIpc) is 3.01. The normalized spacial score (nSPS) is 45.9. The van der Waals surface area contributed by atoms with Gasteiger partial charge in [0.15, 0.2) is 18.1 Å². The summed E-state index contributed by atoms with van der Waals surface area (Å²) >= 11 is 7.34. The van der Waals surface area contributed by atoms with Crippen LogP contribution in [0.25, 0.3) is 0 Å². The Balaban J connectivity index is 1.81. The molecule has 7 heteroatoms.